The monoisotopic (exact) mass is 1080 g/mol. The fraction of sp³-hybridized carbons (Fsp3) is 0.636. The van der Waals surface area contributed by atoms with Crippen molar-refractivity contribution in [3.63, 3.8) is 0 Å². The summed E-state index contributed by atoms with van der Waals surface area (Å²) < 4.78 is 34.1. The summed E-state index contributed by atoms with van der Waals surface area (Å²) in [6, 6.07) is 0. The zero-order valence-electron chi connectivity index (χ0n) is 48.9. The van der Waals surface area contributed by atoms with Crippen molar-refractivity contribution in [2.24, 2.45) is 0 Å². The summed E-state index contributed by atoms with van der Waals surface area (Å²) in [7, 11) is 1.12. The van der Waals surface area contributed by atoms with Gasteiger partial charge in [-0.05, 0) is 103 Å². The fourth-order valence-electron chi connectivity index (χ4n) is 7.64. The van der Waals surface area contributed by atoms with E-state index in [0.717, 1.165) is 96.3 Å². The Kier molecular flexibility index (Phi) is 53.1. The van der Waals surface area contributed by atoms with Crippen molar-refractivity contribution in [3.05, 3.63) is 134 Å². The number of unbranched alkanes of at least 4 members (excludes halogenated alkanes) is 17. The second kappa shape index (κ2) is 55.9. The molecule has 10 heteroatoms. The van der Waals surface area contributed by atoms with E-state index >= 15 is 0 Å². The number of phosphoric acid groups is 1. The van der Waals surface area contributed by atoms with E-state index in [-0.39, 0.29) is 26.1 Å². The summed E-state index contributed by atoms with van der Waals surface area (Å²) in [5.74, 6) is -0.908. The number of carbonyl (C=O) groups excluding carboxylic acids is 2. The fourth-order valence-corrected chi connectivity index (χ4v) is 8.36. The summed E-state index contributed by atoms with van der Waals surface area (Å²) in [4.78, 5) is 37.8. The topological polar surface area (TPSA) is 111 Å². The smallest absolute Gasteiger partial charge is 0.306 e. The van der Waals surface area contributed by atoms with Crippen LogP contribution in [0.2, 0.25) is 0 Å². The predicted octanol–water partition coefficient (Wildman–Crippen LogP) is 18.3. The third-order valence-corrected chi connectivity index (χ3v) is 13.1. The van der Waals surface area contributed by atoms with E-state index < -0.39 is 32.5 Å². The Hall–Kier alpha value is -3.85. The number of likely N-dealkylation sites (N-methyl/N-ethyl adjacent to an activating group) is 1. The van der Waals surface area contributed by atoms with E-state index in [2.05, 4.69) is 148 Å². The van der Waals surface area contributed by atoms with E-state index in [4.69, 9.17) is 18.5 Å². The van der Waals surface area contributed by atoms with Crippen LogP contribution in [0.25, 0.3) is 0 Å². The summed E-state index contributed by atoms with van der Waals surface area (Å²) in [6.45, 7) is 3.93. The highest BCUT2D eigenvalue weighted by molar-refractivity contribution is 7.45. The van der Waals surface area contributed by atoms with Crippen LogP contribution < -0.4 is 4.89 Å². The molecule has 0 saturated heterocycles. The van der Waals surface area contributed by atoms with Gasteiger partial charge >= 0.3 is 11.9 Å². The van der Waals surface area contributed by atoms with Crippen molar-refractivity contribution in [3.8, 4) is 0 Å². The van der Waals surface area contributed by atoms with Crippen LogP contribution in [-0.4, -0.2) is 70.0 Å². The molecule has 0 radical (unpaired) electrons. The molecular weight excluding hydrogens is 966 g/mol. The minimum absolute atomic E-state index is 0.0456. The van der Waals surface area contributed by atoms with Crippen LogP contribution in [0, 0.1) is 0 Å². The largest absolute Gasteiger partial charge is 0.756 e. The van der Waals surface area contributed by atoms with Crippen LogP contribution in [0.15, 0.2) is 134 Å². The van der Waals surface area contributed by atoms with E-state index in [1.807, 2.05) is 21.1 Å². The molecule has 0 aromatic heterocycles. The third-order valence-electron chi connectivity index (χ3n) is 12.2. The molecule has 0 fully saturated rings. The number of ether oxygens (including phenoxy) is 2. The lowest BCUT2D eigenvalue weighted by molar-refractivity contribution is -0.870. The summed E-state index contributed by atoms with van der Waals surface area (Å²) in [5.41, 5.74) is 0. The lowest BCUT2D eigenvalue weighted by Gasteiger charge is -2.28. The van der Waals surface area contributed by atoms with Gasteiger partial charge in [0.25, 0.3) is 7.82 Å². The summed E-state index contributed by atoms with van der Waals surface area (Å²) in [6.07, 6.45) is 80.9. The Morgan fingerprint density at radius 1 is 0.408 bits per heavy atom. The van der Waals surface area contributed by atoms with Gasteiger partial charge in [0.15, 0.2) is 6.10 Å². The maximum atomic E-state index is 12.8. The van der Waals surface area contributed by atoms with Crippen molar-refractivity contribution < 1.29 is 42.1 Å². The second-order valence-electron chi connectivity index (χ2n) is 20.6. The molecule has 2 atom stereocenters. The van der Waals surface area contributed by atoms with E-state index in [1.165, 1.54) is 83.5 Å². The Morgan fingerprint density at radius 2 is 0.724 bits per heavy atom. The van der Waals surface area contributed by atoms with Crippen molar-refractivity contribution in [1.29, 1.82) is 0 Å². The molecule has 76 heavy (non-hydrogen) atoms. The van der Waals surface area contributed by atoms with Gasteiger partial charge in [-0.25, -0.2) is 0 Å². The molecule has 0 aromatic carbocycles. The van der Waals surface area contributed by atoms with Crippen molar-refractivity contribution in [2.45, 2.75) is 225 Å². The van der Waals surface area contributed by atoms with Crippen LogP contribution in [0.5, 0.6) is 0 Å². The summed E-state index contributed by atoms with van der Waals surface area (Å²) in [5, 5.41) is 0. The zero-order chi connectivity index (χ0) is 55.6. The molecule has 9 nitrogen and oxygen atoms in total. The van der Waals surface area contributed by atoms with Gasteiger partial charge in [0.2, 0.25) is 0 Å². The standard InChI is InChI=1S/C66H110NO8P/c1-6-8-10-12-14-16-18-20-22-24-25-26-27-28-29-30-31-32-33-34-35-36-37-38-39-40-41-43-45-47-49-51-53-55-57-59-66(69)75-64(63-74-76(70,71)73-61-60-67(3,4)5)62-72-65(68)58-56-54-52-50-48-46-44-42-23-21-19-17-15-13-11-9-7-2/h8-11,14-17,20-23,25-26,28-29,31-32,44,46,50,52,64H,6-7,12-13,18-19,24,27,30,33-43,45,47-49,51,53-63H2,1-5H3/b10-8-,11-9-,16-14-,17-15-,22-20-,23-21-,26-25-,29-28-,32-31-,46-44-,52-50-. The highest BCUT2D eigenvalue weighted by Gasteiger charge is 2.21. The Morgan fingerprint density at radius 3 is 1.09 bits per heavy atom. The van der Waals surface area contributed by atoms with Crippen LogP contribution in [0.3, 0.4) is 0 Å². The maximum absolute atomic E-state index is 12.8. The number of esters is 2. The van der Waals surface area contributed by atoms with Crippen LogP contribution in [0.1, 0.15) is 219 Å². The lowest BCUT2D eigenvalue weighted by Crippen LogP contribution is -2.37. The van der Waals surface area contributed by atoms with Crippen molar-refractivity contribution in [2.75, 3.05) is 47.5 Å². The number of phosphoric ester groups is 1. The molecular formula is C66H110NO8P. The highest BCUT2D eigenvalue weighted by Crippen LogP contribution is 2.38. The first-order chi connectivity index (χ1) is 37.0. The molecule has 0 aliphatic carbocycles. The average Bonchev–Trinajstić information content (AvgIpc) is 3.38. The molecule has 0 rings (SSSR count). The minimum Gasteiger partial charge on any atom is -0.756 e. The number of rotatable bonds is 53. The molecule has 0 saturated carbocycles. The molecule has 0 amide bonds. The van der Waals surface area contributed by atoms with Gasteiger partial charge < -0.3 is 27.9 Å². The molecule has 0 bridgehead atoms. The molecule has 0 spiro atoms. The van der Waals surface area contributed by atoms with Gasteiger partial charge in [0, 0.05) is 12.8 Å². The van der Waals surface area contributed by atoms with Gasteiger partial charge in [-0.2, -0.15) is 0 Å². The first kappa shape index (κ1) is 72.2. The first-order valence-corrected chi connectivity index (χ1v) is 31.4. The van der Waals surface area contributed by atoms with E-state index in [9.17, 15) is 19.0 Å². The highest BCUT2D eigenvalue weighted by atomic mass is 31.2. The average molecular weight is 1080 g/mol. The van der Waals surface area contributed by atoms with Crippen molar-refractivity contribution in [1.82, 2.24) is 0 Å². The van der Waals surface area contributed by atoms with Crippen LogP contribution in [0.4, 0.5) is 0 Å². The summed E-state index contributed by atoms with van der Waals surface area (Å²) >= 11 is 0. The molecule has 0 aromatic rings. The molecule has 432 valence electrons. The van der Waals surface area contributed by atoms with Gasteiger partial charge in [0.1, 0.15) is 19.8 Å². The van der Waals surface area contributed by atoms with Gasteiger partial charge in [-0.15, -0.1) is 0 Å². The van der Waals surface area contributed by atoms with Crippen LogP contribution in [-0.2, 0) is 32.7 Å². The molecule has 0 N–H and O–H groups in total. The Balaban J connectivity index is 4.12. The van der Waals surface area contributed by atoms with Crippen LogP contribution >= 0.6 is 7.82 Å². The second-order valence-corrected chi connectivity index (χ2v) is 22.0. The molecule has 0 aliphatic rings. The first-order valence-electron chi connectivity index (χ1n) is 29.9. The number of allylic oxidation sites excluding steroid dienone is 22. The quantitative estimate of drug-likeness (QED) is 0.0195. The normalized spacial score (nSPS) is 14.2. The van der Waals surface area contributed by atoms with Crippen molar-refractivity contribution >= 4 is 19.8 Å². The molecule has 2 unspecified atom stereocenters. The van der Waals surface area contributed by atoms with Gasteiger partial charge in [-0.1, -0.05) is 237 Å². The van der Waals surface area contributed by atoms with E-state index in [1.54, 1.807) is 0 Å². The maximum Gasteiger partial charge on any atom is 0.306 e. The van der Waals surface area contributed by atoms with E-state index in [0.29, 0.717) is 23.9 Å². The lowest BCUT2D eigenvalue weighted by atomic mass is 10.0. The third kappa shape index (κ3) is 59.4. The molecule has 0 aliphatic heterocycles. The predicted molar refractivity (Wildman–Crippen MR) is 323 cm³/mol. The number of quaternary nitrogens is 1. The number of hydrogen-bond donors (Lipinski definition) is 0. The molecule has 0 heterocycles. The minimum atomic E-state index is -4.66. The number of carbonyl (C=O) groups is 2. The Labute approximate surface area is 466 Å². The Bertz CT molecular complexity index is 1740. The zero-order valence-corrected chi connectivity index (χ0v) is 49.8. The number of hydrogen-bond acceptors (Lipinski definition) is 8. The van der Waals surface area contributed by atoms with Gasteiger partial charge in [-0.3, -0.25) is 14.2 Å². The number of nitrogens with zero attached hydrogens (tertiary/aromatic N) is 1. The van der Waals surface area contributed by atoms with Gasteiger partial charge in [0.05, 0.1) is 27.7 Å². The SMILES string of the molecule is CC/C=C\C/C=C\C/C=C\C/C=C\C/C=C\C/C=C\CCCCCCCCCCCCCCCCCCC(=O)OC(COC(=O)CCC/C=C\C/C=C\C/C=C\C/C=C\C/C=C\CC)COP(=O)([O-])OCC[N+](C)(C)C.